The summed E-state index contributed by atoms with van der Waals surface area (Å²) in [5, 5.41) is 0. The van der Waals surface area contributed by atoms with Gasteiger partial charge in [-0.15, -0.1) is 0 Å². The molecule has 0 fully saturated rings. The number of rotatable bonds is 7. The van der Waals surface area contributed by atoms with Gasteiger partial charge in [-0.1, -0.05) is 39.3 Å². The van der Waals surface area contributed by atoms with Crippen molar-refractivity contribution in [3.63, 3.8) is 0 Å². The Labute approximate surface area is 87.8 Å². The van der Waals surface area contributed by atoms with E-state index in [1.807, 2.05) is 0 Å². The minimum atomic E-state index is -0.0891. The lowest BCUT2D eigenvalue weighted by Gasteiger charge is -2.19. The lowest BCUT2D eigenvalue weighted by atomic mass is 10.1. The summed E-state index contributed by atoms with van der Waals surface area (Å²) in [5.41, 5.74) is -0.0891. The molecule has 0 radical (unpaired) electrons. The summed E-state index contributed by atoms with van der Waals surface area (Å²) < 4.78 is 5.56. The standard InChI is InChI=1S/C11H23ClO/c1-5-10(6-2)11(12)13-8-7-9(3)4/h9-11H,5-8H2,1-4H3. The topological polar surface area (TPSA) is 9.23 Å². The fourth-order valence-electron chi connectivity index (χ4n) is 1.21. The minimum absolute atomic E-state index is 0.0891. The van der Waals surface area contributed by atoms with Gasteiger partial charge >= 0.3 is 0 Å². The zero-order valence-electron chi connectivity index (χ0n) is 9.35. The first kappa shape index (κ1) is 13.2. The highest BCUT2D eigenvalue weighted by molar-refractivity contribution is 6.19. The highest BCUT2D eigenvalue weighted by Gasteiger charge is 2.15. The summed E-state index contributed by atoms with van der Waals surface area (Å²) in [4.78, 5) is 0. The predicted octanol–water partition coefficient (Wildman–Crippen LogP) is 4.05. The number of hydrogen-bond donors (Lipinski definition) is 0. The van der Waals surface area contributed by atoms with Crippen molar-refractivity contribution >= 4 is 11.6 Å². The third-order valence-corrected chi connectivity index (χ3v) is 2.87. The average molecular weight is 207 g/mol. The summed E-state index contributed by atoms with van der Waals surface area (Å²) in [5.74, 6) is 1.21. The molecule has 0 heterocycles. The molecule has 0 bridgehead atoms. The van der Waals surface area contributed by atoms with Crippen LogP contribution >= 0.6 is 11.6 Å². The first-order chi connectivity index (χ1) is 6.11. The van der Waals surface area contributed by atoms with Gasteiger partial charge in [0.1, 0.15) is 5.56 Å². The second-order valence-corrected chi connectivity index (χ2v) is 4.41. The van der Waals surface area contributed by atoms with Gasteiger partial charge in [0.05, 0.1) is 0 Å². The maximum absolute atomic E-state index is 6.11. The van der Waals surface area contributed by atoms with Crippen molar-refractivity contribution in [1.29, 1.82) is 0 Å². The van der Waals surface area contributed by atoms with E-state index in [0.29, 0.717) is 11.8 Å². The van der Waals surface area contributed by atoms with E-state index in [-0.39, 0.29) is 5.56 Å². The summed E-state index contributed by atoms with van der Waals surface area (Å²) in [6.45, 7) is 9.51. The molecule has 1 atom stereocenters. The van der Waals surface area contributed by atoms with Crippen molar-refractivity contribution in [2.75, 3.05) is 6.61 Å². The van der Waals surface area contributed by atoms with Crippen LogP contribution in [0.2, 0.25) is 0 Å². The molecule has 2 heteroatoms. The molecule has 1 unspecified atom stereocenters. The lowest BCUT2D eigenvalue weighted by molar-refractivity contribution is 0.0582. The largest absolute Gasteiger partial charge is 0.362 e. The Bertz CT molecular complexity index is 111. The van der Waals surface area contributed by atoms with E-state index >= 15 is 0 Å². The van der Waals surface area contributed by atoms with Gasteiger partial charge < -0.3 is 4.74 Å². The minimum Gasteiger partial charge on any atom is -0.362 e. The van der Waals surface area contributed by atoms with Crippen molar-refractivity contribution in [2.24, 2.45) is 11.8 Å². The summed E-state index contributed by atoms with van der Waals surface area (Å²) >= 11 is 6.11. The third kappa shape index (κ3) is 6.34. The van der Waals surface area contributed by atoms with Crippen molar-refractivity contribution in [1.82, 2.24) is 0 Å². The monoisotopic (exact) mass is 206 g/mol. The predicted molar refractivity (Wildman–Crippen MR) is 59.1 cm³/mol. The highest BCUT2D eigenvalue weighted by atomic mass is 35.5. The van der Waals surface area contributed by atoms with E-state index in [1.54, 1.807) is 0 Å². The number of alkyl halides is 1. The molecule has 0 aliphatic rings. The molecule has 0 aromatic rings. The highest BCUT2D eigenvalue weighted by Crippen LogP contribution is 2.19. The molecule has 0 aliphatic carbocycles. The first-order valence-electron chi connectivity index (χ1n) is 5.37. The fraction of sp³-hybridized carbons (Fsp3) is 1.00. The SMILES string of the molecule is CCC(CC)C(Cl)OCCC(C)C. The Morgan fingerprint density at radius 2 is 1.69 bits per heavy atom. The Morgan fingerprint density at radius 3 is 2.08 bits per heavy atom. The van der Waals surface area contributed by atoms with Crippen LogP contribution in [0, 0.1) is 11.8 Å². The van der Waals surface area contributed by atoms with Crippen molar-refractivity contribution in [2.45, 2.75) is 52.5 Å². The van der Waals surface area contributed by atoms with Gasteiger partial charge in [-0.25, -0.2) is 0 Å². The number of hydrogen-bond acceptors (Lipinski definition) is 1. The second-order valence-electron chi connectivity index (χ2n) is 3.98. The zero-order chi connectivity index (χ0) is 10.3. The van der Waals surface area contributed by atoms with Crippen LogP contribution in [0.3, 0.4) is 0 Å². The third-order valence-electron chi connectivity index (χ3n) is 2.39. The summed E-state index contributed by atoms with van der Waals surface area (Å²) in [7, 11) is 0. The van der Waals surface area contributed by atoms with Crippen molar-refractivity contribution in [3.8, 4) is 0 Å². The van der Waals surface area contributed by atoms with Crippen LogP contribution in [0.25, 0.3) is 0 Å². The van der Waals surface area contributed by atoms with E-state index in [2.05, 4.69) is 27.7 Å². The summed E-state index contributed by atoms with van der Waals surface area (Å²) in [6, 6.07) is 0. The van der Waals surface area contributed by atoms with Crippen LogP contribution in [0.1, 0.15) is 47.0 Å². The lowest BCUT2D eigenvalue weighted by Crippen LogP contribution is -2.18. The van der Waals surface area contributed by atoms with Gasteiger partial charge in [-0.2, -0.15) is 0 Å². The van der Waals surface area contributed by atoms with Gasteiger partial charge in [-0.05, 0) is 31.1 Å². The molecule has 0 amide bonds. The molecular weight excluding hydrogens is 184 g/mol. The molecule has 0 rings (SSSR count). The second kappa shape index (κ2) is 7.64. The van der Waals surface area contributed by atoms with E-state index in [0.717, 1.165) is 25.9 Å². The summed E-state index contributed by atoms with van der Waals surface area (Å²) in [6.07, 6.45) is 3.31. The van der Waals surface area contributed by atoms with Gasteiger partial charge in [-0.3, -0.25) is 0 Å². The average Bonchev–Trinajstić information content (AvgIpc) is 2.05. The molecule has 0 spiro atoms. The van der Waals surface area contributed by atoms with Crippen LogP contribution in [0.15, 0.2) is 0 Å². The van der Waals surface area contributed by atoms with Gasteiger partial charge in [0.25, 0.3) is 0 Å². The normalized spacial score (nSPS) is 14.1. The molecule has 0 aliphatic heterocycles. The quantitative estimate of drug-likeness (QED) is 0.571. The van der Waals surface area contributed by atoms with Gasteiger partial charge in [0.2, 0.25) is 0 Å². The Morgan fingerprint density at radius 1 is 1.15 bits per heavy atom. The smallest absolute Gasteiger partial charge is 0.133 e. The van der Waals surface area contributed by atoms with Crippen LogP contribution in [-0.4, -0.2) is 12.2 Å². The van der Waals surface area contributed by atoms with Gasteiger partial charge in [0.15, 0.2) is 0 Å². The fourth-order valence-corrected chi connectivity index (χ4v) is 1.66. The molecule has 0 N–H and O–H groups in total. The maximum atomic E-state index is 6.11. The van der Waals surface area contributed by atoms with E-state index in [1.165, 1.54) is 0 Å². The van der Waals surface area contributed by atoms with Gasteiger partial charge in [0, 0.05) is 6.61 Å². The molecular formula is C11H23ClO. The van der Waals surface area contributed by atoms with E-state index in [4.69, 9.17) is 16.3 Å². The number of halogens is 1. The molecule has 13 heavy (non-hydrogen) atoms. The maximum Gasteiger partial charge on any atom is 0.133 e. The first-order valence-corrected chi connectivity index (χ1v) is 5.81. The molecule has 1 nitrogen and oxygen atoms in total. The zero-order valence-corrected chi connectivity index (χ0v) is 10.1. The van der Waals surface area contributed by atoms with Crippen LogP contribution in [0.4, 0.5) is 0 Å². The number of ether oxygens (including phenoxy) is 1. The van der Waals surface area contributed by atoms with Crippen molar-refractivity contribution < 1.29 is 4.74 Å². The van der Waals surface area contributed by atoms with Crippen LogP contribution < -0.4 is 0 Å². The van der Waals surface area contributed by atoms with E-state index in [9.17, 15) is 0 Å². The molecule has 0 saturated carbocycles. The molecule has 0 saturated heterocycles. The Hall–Kier alpha value is 0.250. The molecule has 0 aromatic carbocycles. The Balaban J connectivity index is 3.53. The van der Waals surface area contributed by atoms with E-state index < -0.39 is 0 Å². The van der Waals surface area contributed by atoms with Crippen molar-refractivity contribution in [3.05, 3.63) is 0 Å². The van der Waals surface area contributed by atoms with Crippen LogP contribution in [0.5, 0.6) is 0 Å². The Kier molecular flexibility index (Phi) is 7.78. The molecule has 80 valence electrons. The molecule has 0 aromatic heterocycles. The van der Waals surface area contributed by atoms with Crippen LogP contribution in [-0.2, 0) is 4.74 Å².